The van der Waals surface area contributed by atoms with Crippen molar-refractivity contribution in [2.45, 2.75) is 32.2 Å². The third-order valence-electron chi connectivity index (χ3n) is 4.02. The molecule has 3 rings (SSSR count). The van der Waals surface area contributed by atoms with Crippen molar-refractivity contribution in [2.75, 3.05) is 19.6 Å². The van der Waals surface area contributed by atoms with Crippen molar-refractivity contribution < 1.29 is 9.32 Å². The highest BCUT2D eigenvalue weighted by Gasteiger charge is 2.27. The summed E-state index contributed by atoms with van der Waals surface area (Å²) < 4.78 is 6.03. The van der Waals surface area contributed by atoms with Gasteiger partial charge in [-0.15, -0.1) is 11.3 Å². The summed E-state index contributed by atoms with van der Waals surface area (Å²) in [6.45, 7) is 4.74. The van der Waals surface area contributed by atoms with E-state index in [1.165, 1.54) is 11.3 Å². The molecule has 23 heavy (non-hydrogen) atoms. The van der Waals surface area contributed by atoms with Gasteiger partial charge in [0.25, 0.3) is 5.91 Å². The molecule has 1 saturated heterocycles. The molecule has 0 unspecified atom stereocenters. The van der Waals surface area contributed by atoms with Gasteiger partial charge in [-0.25, -0.2) is 0 Å². The average molecular weight is 354 g/mol. The Balaban J connectivity index is 1.78. The highest BCUT2D eigenvalue weighted by molar-refractivity contribution is 7.19. The Kier molecular flexibility index (Phi) is 5.35. The molecule has 7 heteroatoms. The first-order valence-corrected chi connectivity index (χ1v) is 9.12. The second kappa shape index (κ2) is 7.47. The Bertz CT molecular complexity index is 664. The lowest BCUT2D eigenvalue weighted by Crippen LogP contribution is -2.46. The minimum Gasteiger partial charge on any atom is -0.355 e. The third-order valence-corrected chi connectivity index (χ3v) is 5.27. The second-order valence-electron chi connectivity index (χ2n) is 5.66. The zero-order valence-corrected chi connectivity index (χ0v) is 14.6. The third kappa shape index (κ3) is 3.76. The lowest BCUT2D eigenvalue weighted by Gasteiger charge is -2.34. The topological polar surface area (TPSA) is 58.4 Å². The van der Waals surface area contributed by atoms with Crippen LogP contribution in [-0.2, 0) is 0 Å². The normalized spacial score (nSPS) is 15.7. The van der Waals surface area contributed by atoms with Gasteiger partial charge in [-0.3, -0.25) is 4.79 Å². The summed E-state index contributed by atoms with van der Waals surface area (Å²) in [5.74, 6) is 0.545. The van der Waals surface area contributed by atoms with Crippen molar-refractivity contribution in [1.29, 1.82) is 0 Å². The maximum absolute atomic E-state index is 12.8. The van der Waals surface area contributed by atoms with Crippen LogP contribution >= 0.6 is 22.9 Å². The van der Waals surface area contributed by atoms with E-state index in [0.29, 0.717) is 15.8 Å². The number of carbonyl (C=O) groups excluding carboxylic acids is 1. The molecule has 5 nitrogen and oxygen atoms in total. The van der Waals surface area contributed by atoms with Crippen LogP contribution in [-0.4, -0.2) is 41.6 Å². The van der Waals surface area contributed by atoms with Crippen LogP contribution in [0.2, 0.25) is 4.34 Å². The summed E-state index contributed by atoms with van der Waals surface area (Å²) >= 11 is 7.36. The zero-order valence-electron chi connectivity index (χ0n) is 13.0. The number of hydrogen-bond donors (Lipinski definition) is 1. The van der Waals surface area contributed by atoms with Gasteiger partial charge in [-0.1, -0.05) is 23.7 Å². The smallest absolute Gasteiger partial charge is 0.276 e. The van der Waals surface area contributed by atoms with E-state index in [1.54, 1.807) is 6.07 Å². The molecule has 124 valence electrons. The molecule has 1 aliphatic heterocycles. The molecule has 1 amide bonds. The maximum atomic E-state index is 12.8. The fourth-order valence-corrected chi connectivity index (χ4v) is 3.89. The molecule has 0 aliphatic carbocycles. The quantitative estimate of drug-likeness (QED) is 0.891. The maximum Gasteiger partial charge on any atom is 0.276 e. The highest BCUT2D eigenvalue weighted by atomic mass is 35.5. The average Bonchev–Trinajstić information content (AvgIpc) is 3.21. The van der Waals surface area contributed by atoms with Crippen molar-refractivity contribution in [1.82, 2.24) is 15.4 Å². The Morgan fingerprint density at radius 2 is 2.26 bits per heavy atom. The molecule has 0 spiro atoms. The van der Waals surface area contributed by atoms with Gasteiger partial charge in [-0.05, 0) is 44.5 Å². The second-order valence-corrected chi connectivity index (χ2v) is 7.37. The molecule has 0 radical (unpaired) electrons. The summed E-state index contributed by atoms with van der Waals surface area (Å²) in [5.41, 5.74) is 0.372. The molecule has 0 aromatic carbocycles. The predicted molar refractivity (Wildman–Crippen MR) is 92.0 cm³/mol. The predicted octanol–water partition coefficient (Wildman–Crippen LogP) is 3.66. The highest BCUT2D eigenvalue weighted by Crippen LogP contribution is 2.31. The van der Waals surface area contributed by atoms with Crippen LogP contribution in [0.5, 0.6) is 0 Å². The summed E-state index contributed by atoms with van der Waals surface area (Å²) in [5, 5.41) is 7.32. The molecule has 0 saturated carbocycles. The Morgan fingerprint density at radius 1 is 1.48 bits per heavy atom. The number of carbonyl (C=O) groups is 1. The number of nitrogens with one attached hydrogen (secondary N) is 1. The minimum atomic E-state index is -0.0450. The van der Waals surface area contributed by atoms with E-state index in [2.05, 4.69) is 17.4 Å². The van der Waals surface area contributed by atoms with Gasteiger partial charge in [0.1, 0.15) is 0 Å². The molecule has 2 aromatic rings. The number of halogens is 1. The number of rotatable bonds is 5. The van der Waals surface area contributed by atoms with Crippen LogP contribution < -0.4 is 5.32 Å². The van der Waals surface area contributed by atoms with E-state index in [1.807, 2.05) is 17.0 Å². The molecule has 0 atom stereocenters. The number of aromatic nitrogens is 1. The standard InChI is InChI=1S/C16H20ClN3O2S/c1-2-9-20(11-5-7-18-8-6-11)16(21)12-10-13(22-19-12)14-3-4-15(17)23-14/h3-4,10-11,18H,2,5-9H2,1H3. The molecule has 1 aliphatic rings. The molecule has 1 fully saturated rings. The minimum absolute atomic E-state index is 0.0450. The van der Waals surface area contributed by atoms with E-state index in [9.17, 15) is 4.79 Å². The van der Waals surface area contributed by atoms with Gasteiger partial charge in [0.15, 0.2) is 11.5 Å². The summed E-state index contributed by atoms with van der Waals surface area (Å²) in [7, 11) is 0. The molecule has 2 aromatic heterocycles. The fourth-order valence-electron chi connectivity index (χ4n) is 2.90. The van der Waals surface area contributed by atoms with Gasteiger partial charge >= 0.3 is 0 Å². The van der Waals surface area contributed by atoms with Gasteiger partial charge in [0, 0.05) is 18.7 Å². The first-order chi connectivity index (χ1) is 11.2. The zero-order chi connectivity index (χ0) is 16.2. The number of amides is 1. The lowest BCUT2D eigenvalue weighted by molar-refractivity contribution is 0.0632. The number of nitrogens with zero attached hydrogens (tertiary/aromatic N) is 2. The van der Waals surface area contributed by atoms with Gasteiger partial charge < -0.3 is 14.7 Å². The van der Waals surface area contributed by atoms with E-state index >= 15 is 0 Å². The lowest BCUT2D eigenvalue weighted by atomic mass is 10.0. The van der Waals surface area contributed by atoms with Gasteiger partial charge in [0.2, 0.25) is 0 Å². The van der Waals surface area contributed by atoms with E-state index in [-0.39, 0.29) is 11.9 Å². The molecule has 1 N–H and O–H groups in total. The van der Waals surface area contributed by atoms with Gasteiger partial charge in [0.05, 0.1) is 9.21 Å². The van der Waals surface area contributed by atoms with Crippen LogP contribution in [0.1, 0.15) is 36.7 Å². The fraction of sp³-hybridized carbons (Fsp3) is 0.500. The van der Waals surface area contributed by atoms with E-state index in [4.69, 9.17) is 16.1 Å². The Labute approximate surface area is 144 Å². The molecule has 3 heterocycles. The largest absolute Gasteiger partial charge is 0.355 e. The SMILES string of the molecule is CCCN(C(=O)c1cc(-c2ccc(Cl)s2)on1)C1CCNCC1. The van der Waals surface area contributed by atoms with Crippen molar-refractivity contribution in [3.05, 3.63) is 28.2 Å². The van der Waals surface area contributed by atoms with Crippen molar-refractivity contribution in [3.8, 4) is 10.6 Å². The van der Waals surface area contributed by atoms with Crippen molar-refractivity contribution >= 4 is 28.8 Å². The first kappa shape index (κ1) is 16.5. The molecule has 0 bridgehead atoms. The van der Waals surface area contributed by atoms with Crippen LogP contribution in [0.15, 0.2) is 22.7 Å². The summed E-state index contributed by atoms with van der Waals surface area (Å²) in [6.07, 6.45) is 2.90. The van der Waals surface area contributed by atoms with Gasteiger partial charge in [-0.2, -0.15) is 0 Å². The Morgan fingerprint density at radius 3 is 2.91 bits per heavy atom. The monoisotopic (exact) mass is 353 g/mol. The molecular formula is C16H20ClN3O2S. The molecular weight excluding hydrogens is 334 g/mol. The Hall–Kier alpha value is -1.37. The van der Waals surface area contributed by atoms with Crippen LogP contribution in [0.3, 0.4) is 0 Å². The first-order valence-electron chi connectivity index (χ1n) is 7.93. The number of hydrogen-bond acceptors (Lipinski definition) is 5. The number of piperidine rings is 1. The van der Waals surface area contributed by atoms with Crippen LogP contribution in [0.25, 0.3) is 10.6 Å². The van der Waals surface area contributed by atoms with Crippen LogP contribution in [0, 0.1) is 0 Å². The van der Waals surface area contributed by atoms with Crippen molar-refractivity contribution in [3.63, 3.8) is 0 Å². The van der Waals surface area contributed by atoms with E-state index < -0.39 is 0 Å². The van der Waals surface area contributed by atoms with E-state index in [0.717, 1.165) is 43.8 Å². The summed E-state index contributed by atoms with van der Waals surface area (Å²) in [6, 6.07) is 5.68. The number of thiophene rings is 1. The summed E-state index contributed by atoms with van der Waals surface area (Å²) in [4.78, 5) is 15.7. The van der Waals surface area contributed by atoms with Crippen LogP contribution in [0.4, 0.5) is 0 Å². The van der Waals surface area contributed by atoms with Crippen molar-refractivity contribution in [2.24, 2.45) is 0 Å².